The Labute approximate surface area is 215 Å². The number of piperazine rings is 1. The second-order valence-electron chi connectivity index (χ2n) is 9.68. The molecule has 1 aliphatic carbocycles. The Hall–Kier alpha value is -1.46. The molecule has 0 spiro atoms. The number of halogens is 2. The molecule has 34 heavy (non-hydrogen) atoms. The molecule has 1 heterocycles. The topological polar surface area (TPSA) is 19.0 Å². The van der Waals surface area contributed by atoms with Crippen molar-refractivity contribution in [3.8, 4) is 5.75 Å². The molecular weight excluding hydrogens is 465 g/mol. The first-order chi connectivity index (χ1) is 16.6. The van der Waals surface area contributed by atoms with E-state index in [1.807, 2.05) is 12.1 Å². The van der Waals surface area contributed by atoms with Crippen molar-refractivity contribution in [3.63, 3.8) is 0 Å². The zero-order valence-corrected chi connectivity index (χ0v) is 22.3. The van der Waals surface area contributed by atoms with Gasteiger partial charge in [-0.05, 0) is 93.6 Å². The highest BCUT2D eigenvalue weighted by atomic mass is 35.5. The van der Waals surface area contributed by atoms with Crippen molar-refractivity contribution in [2.45, 2.75) is 51.5 Å². The molecule has 2 aromatic rings. The lowest BCUT2D eigenvalue weighted by Crippen LogP contribution is -2.47. The van der Waals surface area contributed by atoms with Crippen LogP contribution in [0.4, 0.5) is 5.69 Å². The first kappa shape index (κ1) is 25.6. The summed E-state index contributed by atoms with van der Waals surface area (Å²) in [6.45, 7) is 10.1. The highest BCUT2D eigenvalue weighted by Gasteiger charge is 2.24. The molecule has 0 radical (unpaired) electrons. The molecule has 1 aliphatic heterocycles. The van der Waals surface area contributed by atoms with E-state index in [0.29, 0.717) is 16.1 Å². The maximum Gasteiger partial charge on any atom is 0.119 e. The van der Waals surface area contributed by atoms with Gasteiger partial charge in [-0.25, -0.2) is 0 Å². The number of fused-ring (bicyclic) bond motifs is 1. The third-order valence-corrected chi connectivity index (χ3v) is 8.27. The Balaban J connectivity index is 1.21. The minimum atomic E-state index is 0.638. The fourth-order valence-corrected chi connectivity index (χ4v) is 5.93. The number of anilines is 1. The van der Waals surface area contributed by atoms with Crippen molar-refractivity contribution in [1.82, 2.24) is 9.80 Å². The summed E-state index contributed by atoms with van der Waals surface area (Å²) in [5, 5.41) is 1.32. The van der Waals surface area contributed by atoms with Crippen molar-refractivity contribution < 1.29 is 4.74 Å². The molecule has 0 aromatic heterocycles. The maximum atomic E-state index is 6.43. The summed E-state index contributed by atoms with van der Waals surface area (Å²) in [5.74, 6) is 0.985. The van der Waals surface area contributed by atoms with Gasteiger partial charge in [0.1, 0.15) is 5.75 Å². The van der Waals surface area contributed by atoms with Crippen LogP contribution < -0.4 is 9.64 Å². The molecule has 6 heteroatoms. The number of nitrogens with zero attached hydrogens (tertiary/aromatic N) is 3. The van der Waals surface area contributed by atoms with Crippen molar-refractivity contribution >= 4 is 28.9 Å². The van der Waals surface area contributed by atoms with Crippen LogP contribution in [0.2, 0.25) is 10.0 Å². The molecule has 1 saturated heterocycles. The van der Waals surface area contributed by atoms with Gasteiger partial charge < -0.3 is 14.5 Å². The molecule has 1 fully saturated rings. The van der Waals surface area contributed by atoms with Crippen LogP contribution in [0.15, 0.2) is 36.4 Å². The van der Waals surface area contributed by atoms with Gasteiger partial charge in [-0.15, -0.1) is 0 Å². The van der Waals surface area contributed by atoms with Crippen LogP contribution >= 0.6 is 23.2 Å². The predicted octanol–water partition coefficient (Wildman–Crippen LogP) is 6.17. The predicted molar refractivity (Wildman–Crippen MR) is 145 cm³/mol. The SMILES string of the molecule is CCCN(CCCCN1CCN(c2cccc(Cl)c2Cl)CC1)C1CCc2ccc(OC)cc2C1. The van der Waals surface area contributed by atoms with E-state index in [-0.39, 0.29) is 0 Å². The number of methoxy groups -OCH3 is 1. The number of aryl methyl sites for hydroxylation is 1. The third kappa shape index (κ3) is 6.40. The van der Waals surface area contributed by atoms with Gasteiger partial charge in [0, 0.05) is 32.2 Å². The zero-order valence-electron chi connectivity index (χ0n) is 20.7. The van der Waals surface area contributed by atoms with E-state index >= 15 is 0 Å². The molecule has 186 valence electrons. The van der Waals surface area contributed by atoms with Gasteiger partial charge >= 0.3 is 0 Å². The van der Waals surface area contributed by atoms with Crippen LogP contribution in [0, 0.1) is 0 Å². The first-order valence-corrected chi connectivity index (χ1v) is 13.7. The summed E-state index contributed by atoms with van der Waals surface area (Å²) >= 11 is 12.6. The van der Waals surface area contributed by atoms with Gasteiger partial charge in [0.2, 0.25) is 0 Å². The lowest BCUT2D eigenvalue weighted by molar-refractivity contribution is 0.171. The van der Waals surface area contributed by atoms with E-state index < -0.39 is 0 Å². The average Bonchev–Trinajstić information content (AvgIpc) is 2.87. The summed E-state index contributed by atoms with van der Waals surface area (Å²) in [6.07, 6.45) is 7.35. The van der Waals surface area contributed by atoms with Crippen LogP contribution in [0.1, 0.15) is 43.7 Å². The average molecular weight is 505 g/mol. The van der Waals surface area contributed by atoms with Crippen LogP contribution in [0.3, 0.4) is 0 Å². The summed E-state index contributed by atoms with van der Waals surface area (Å²) in [4.78, 5) is 7.72. The van der Waals surface area contributed by atoms with Gasteiger partial charge in [0.05, 0.1) is 22.8 Å². The summed E-state index contributed by atoms with van der Waals surface area (Å²) in [5.41, 5.74) is 4.05. The normalized spacial score (nSPS) is 18.9. The fourth-order valence-electron chi connectivity index (χ4n) is 5.52. The highest BCUT2D eigenvalue weighted by molar-refractivity contribution is 6.43. The van der Waals surface area contributed by atoms with E-state index in [9.17, 15) is 0 Å². The molecule has 2 aromatic carbocycles. The van der Waals surface area contributed by atoms with E-state index in [4.69, 9.17) is 27.9 Å². The number of hydrogen-bond acceptors (Lipinski definition) is 4. The maximum absolute atomic E-state index is 6.43. The molecule has 4 rings (SSSR count). The molecule has 0 N–H and O–H groups in total. The lowest BCUT2D eigenvalue weighted by Gasteiger charge is -2.37. The lowest BCUT2D eigenvalue weighted by atomic mass is 9.87. The summed E-state index contributed by atoms with van der Waals surface area (Å²) < 4.78 is 5.47. The minimum Gasteiger partial charge on any atom is -0.497 e. The third-order valence-electron chi connectivity index (χ3n) is 7.46. The number of unbranched alkanes of at least 4 members (excludes halogenated alkanes) is 1. The largest absolute Gasteiger partial charge is 0.497 e. The standard InChI is InChI=1S/C28H39Cl2N3O/c1-3-13-32(24-11-9-22-10-12-25(34-2)21-23(22)20-24)15-5-4-14-31-16-18-33(19-17-31)27-8-6-7-26(29)28(27)30/h6-8,10,12,21,24H,3-5,9,11,13-20H2,1-2H3. The number of hydrogen-bond donors (Lipinski definition) is 0. The van der Waals surface area contributed by atoms with Crippen molar-refractivity contribution in [1.29, 1.82) is 0 Å². The van der Waals surface area contributed by atoms with Gasteiger partial charge in [0.25, 0.3) is 0 Å². The van der Waals surface area contributed by atoms with E-state index in [0.717, 1.165) is 44.0 Å². The first-order valence-electron chi connectivity index (χ1n) is 12.9. The quantitative estimate of drug-likeness (QED) is 0.360. The Kier molecular flexibility index (Phi) is 9.41. The number of ether oxygens (including phenoxy) is 1. The monoisotopic (exact) mass is 503 g/mol. The van der Waals surface area contributed by atoms with Gasteiger partial charge in [0.15, 0.2) is 0 Å². The molecule has 0 saturated carbocycles. The second-order valence-corrected chi connectivity index (χ2v) is 10.5. The van der Waals surface area contributed by atoms with Crippen LogP contribution in [-0.4, -0.2) is 68.8 Å². The molecule has 0 amide bonds. The second kappa shape index (κ2) is 12.5. The Morgan fingerprint density at radius 1 is 1.00 bits per heavy atom. The van der Waals surface area contributed by atoms with E-state index in [1.165, 1.54) is 62.9 Å². The summed E-state index contributed by atoms with van der Waals surface area (Å²) in [6, 6.07) is 13.2. The van der Waals surface area contributed by atoms with Gasteiger partial charge in [-0.1, -0.05) is 42.3 Å². The van der Waals surface area contributed by atoms with E-state index in [2.05, 4.69) is 45.9 Å². The zero-order chi connectivity index (χ0) is 23.9. The molecule has 0 bridgehead atoms. The molecule has 1 atom stereocenters. The highest BCUT2D eigenvalue weighted by Crippen LogP contribution is 2.33. The molecule has 2 aliphatic rings. The van der Waals surface area contributed by atoms with Crippen molar-refractivity contribution in [2.24, 2.45) is 0 Å². The molecule has 4 nitrogen and oxygen atoms in total. The number of rotatable bonds is 10. The smallest absolute Gasteiger partial charge is 0.119 e. The van der Waals surface area contributed by atoms with Crippen molar-refractivity contribution in [3.05, 3.63) is 57.6 Å². The van der Waals surface area contributed by atoms with Crippen LogP contribution in [0.5, 0.6) is 5.75 Å². The Morgan fingerprint density at radius 2 is 1.82 bits per heavy atom. The van der Waals surface area contributed by atoms with E-state index in [1.54, 1.807) is 7.11 Å². The fraction of sp³-hybridized carbons (Fsp3) is 0.571. The molecular formula is C28H39Cl2N3O. The number of benzene rings is 2. The molecule has 1 unspecified atom stereocenters. The van der Waals surface area contributed by atoms with Crippen LogP contribution in [-0.2, 0) is 12.8 Å². The Bertz CT molecular complexity index is 930. The summed E-state index contributed by atoms with van der Waals surface area (Å²) in [7, 11) is 1.76. The van der Waals surface area contributed by atoms with Crippen molar-refractivity contribution in [2.75, 3.05) is 57.8 Å². The minimum absolute atomic E-state index is 0.638. The van der Waals surface area contributed by atoms with Gasteiger partial charge in [-0.3, -0.25) is 4.90 Å². The van der Waals surface area contributed by atoms with Gasteiger partial charge in [-0.2, -0.15) is 0 Å². The van der Waals surface area contributed by atoms with Crippen LogP contribution in [0.25, 0.3) is 0 Å². The Morgan fingerprint density at radius 3 is 2.59 bits per heavy atom.